The molecule has 2 heteroatoms. The zero-order chi connectivity index (χ0) is 9.84. The van der Waals surface area contributed by atoms with Crippen LogP contribution < -0.4 is 5.32 Å². The Morgan fingerprint density at radius 2 is 2.15 bits per heavy atom. The van der Waals surface area contributed by atoms with E-state index in [1.165, 1.54) is 16.9 Å². The molecular formula is C11H19NS. The molecule has 0 aromatic carbocycles. The molecule has 1 nitrogen and oxygen atoms in total. The average Bonchev–Trinajstić information content (AvgIpc) is 2.51. The number of hydrogen-bond acceptors (Lipinski definition) is 2. The predicted molar refractivity (Wildman–Crippen MR) is 60.4 cm³/mol. The van der Waals surface area contributed by atoms with Crippen LogP contribution in [-0.2, 0) is 0 Å². The van der Waals surface area contributed by atoms with Gasteiger partial charge in [0.15, 0.2) is 0 Å². The molecule has 2 atom stereocenters. The van der Waals surface area contributed by atoms with Gasteiger partial charge in [0.2, 0.25) is 0 Å². The van der Waals surface area contributed by atoms with Gasteiger partial charge in [-0.05, 0) is 44.2 Å². The van der Waals surface area contributed by atoms with Crippen molar-refractivity contribution in [2.45, 2.75) is 46.2 Å². The summed E-state index contributed by atoms with van der Waals surface area (Å²) in [4.78, 5) is 1.47. The van der Waals surface area contributed by atoms with E-state index in [1.807, 2.05) is 11.3 Å². The Bertz CT molecular complexity index is 254. The van der Waals surface area contributed by atoms with E-state index >= 15 is 0 Å². The Labute approximate surface area is 85.2 Å². The Hall–Kier alpha value is -0.340. The first-order valence-corrected chi connectivity index (χ1v) is 5.83. The Morgan fingerprint density at radius 1 is 1.46 bits per heavy atom. The summed E-state index contributed by atoms with van der Waals surface area (Å²) in [5.41, 5.74) is 1.41. The number of rotatable bonds is 4. The lowest BCUT2D eigenvalue weighted by atomic mass is 10.1. The van der Waals surface area contributed by atoms with Gasteiger partial charge in [0.25, 0.3) is 0 Å². The summed E-state index contributed by atoms with van der Waals surface area (Å²) < 4.78 is 0. The molecule has 0 radical (unpaired) electrons. The lowest BCUT2D eigenvalue weighted by molar-refractivity contribution is 0.473. The highest BCUT2D eigenvalue weighted by Gasteiger charge is 2.10. The topological polar surface area (TPSA) is 12.0 Å². The lowest BCUT2D eigenvalue weighted by Crippen LogP contribution is -2.27. The molecule has 0 fully saturated rings. The number of thiophene rings is 1. The van der Waals surface area contributed by atoms with Gasteiger partial charge < -0.3 is 5.32 Å². The quantitative estimate of drug-likeness (QED) is 0.779. The number of aryl methyl sites for hydroxylation is 1. The van der Waals surface area contributed by atoms with E-state index in [2.05, 4.69) is 44.5 Å². The van der Waals surface area contributed by atoms with E-state index in [1.54, 1.807) is 0 Å². The molecule has 0 saturated carbocycles. The summed E-state index contributed by atoms with van der Waals surface area (Å²) in [7, 11) is 0. The van der Waals surface area contributed by atoms with Gasteiger partial charge >= 0.3 is 0 Å². The molecule has 74 valence electrons. The maximum atomic E-state index is 3.58. The molecule has 0 bridgehead atoms. The largest absolute Gasteiger partial charge is 0.307 e. The standard InChI is InChI=1S/C11H19NS/c1-5-9(3)12-10(4)11-8(2)6-7-13-11/h6-7,9-10,12H,5H2,1-4H3/t9-,10-/m1/s1. The minimum atomic E-state index is 0.495. The van der Waals surface area contributed by atoms with Crippen LogP contribution in [0, 0.1) is 6.92 Å². The van der Waals surface area contributed by atoms with Crippen molar-refractivity contribution < 1.29 is 0 Å². The fourth-order valence-corrected chi connectivity index (χ4v) is 2.39. The van der Waals surface area contributed by atoms with Gasteiger partial charge in [0.1, 0.15) is 0 Å². The minimum Gasteiger partial charge on any atom is -0.307 e. The van der Waals surface area contributed by atoms with Crippen LogP contribution in [0.5, 0.6) is 0 Å². The molecule has 0 saturated heterocycles. The highest BCUT2D eigenvalue weighted by molar-refractivity contribution is 7.10. The summed E-state index contributed by atoms with van der Waals surface area (Å²) in [6.45, 7) is 8.87. The molecule has 0 unspecified atom stereocenters. The molecule has 0 aliphatic carbocycles. The summed E-state index contributed by atoms with van der Waals surface area (Å²) in [6.07, 6.45) is 1.19. The van der Waals surface area contributed by atoms with E-state index in [9.17, 15) is 0 Å². The molecule has 1 aromatic heterocycles. The van der Waals surface area contributed by atoms with Gasteiger partial charge in [-0.2, -0.15) is 0 Å². The van der Waals surface area contributed by atoms with Gasteiger partial charge in [-0.1, -0.05) is 6.92 Å². The van der Waals surface area contributed by atoms with Crippen molar-refractivity contribution in [1.82, 2.24) is 5.32 Å². The van der Waals surface area contributed by atoms with Crippen LogP contribution in [0.3, 0.4) is 0 Å². The third kappa shape index (κ3) is 2.82. The molecular weight excluding hydrogens is 178 g/mol. The second-order valence-corrected chi connectivity index (χ2v) is 4.61. The van der Waals surface area contributed by atoms with E-state index < -0.39 is 0 Å². The second-order valence-electron chi connectivity index (χ2n) is 3.67. The monoisotopic (exact) mass is 197 g/mol. The van der Waals surface area contributed by atoms with Gasteiger partial charge in [-0.3, -0.25) is 0 Å². The smallest absolute Gasteiger partial charge is 0.0390 e. The van der Waals surface area contributed by atoms with Crippen LogP contribution in [0.15, 0.2) is 11.4 Å². The van der Waals surface area contributed by atoms with Crippen molar-refractivity contribution in [2.24, 2.45) is 0 Å². The van der Waals surface area contributed by atoms with E-state index in [4.69, 9.17) is 0 Å². The van der Waals surface area contributed by atoms with Crippen molar-refractivity contribution in [1.29, 1.82) is 0 Å². The van der Waals surface area contributed by atoms with Gasteiger partial charge in [-0.15, -0.1) is 11.3 Å². The fraction of sp³-hybridized carbons (Fsp3) is 0.636. The van der Waals surface area contributed by atoms with Gasteiger partial charge in [0.05, 0.1) is 0 Å². The van der Waals surface area contributed by atoms with Crippen molar-refractivity contribution >= 4 is 11.3 Å². The Morgan fingerprint density at radius 3 is 2.62 bits per heavy atom. The minimum absolute atomic E-state index is 0.495. The van der Waals surface area contributed by atoms with Crippen LogP contribution in [0.4, 0.5) is 0 Å². The molecule has 0 aliphatic heterocycles. The van der Waals surface area contributed by atoms with Crippen molar-refractivity contribution in [2.75, 3.05) is 0 Å². The van der Waals surface area contributed by atoms with Crippen LogP contribution in [0.25, 0.3) is 0 Å². The fourth-order valence-electron chi connectivity index (χ4n) is 1.45. The van der Waals surface area contributed by atoms with E-state index in [0.29, 0.717) is 12.1 Å². The molecule has 1 heterocycles. The van der Waals surface area contributed by atoms with Crippen LogP contribution in [-0.4, -0.2) is 6.04 Å². The van der Waals surface area contributed by atoms with Gasteiger partial charge in [-0.25, -0.2) is 0 Å². The Kier molecular flexibility index (Phi) is 3.94. The summed E-state index contributed by atoms with van der Waals surface area (Å²) in [5.74, 6) is 0. The van der Waals surface area contributed by atoms with Gasteiger partial charge in [0, 0.05) is 17.0 Å². The first-order valence-electron chi connectivity index (χ1n) is 4.95. The zero-order valence-electron chi connectivity index (χ0n) is 8.92. The highest BCUT2D eigenvalue weighted by Crippen LogP contribution is 2.23. The van der Waals surface area contributed by atoms with Crippen molar-refractivity contribution in [3.63, 3.8) is 0 Å². The third-order valence-electron chi connectivity index (χ3n) is 2.44. The summed E-state index contributed by atoms with van der Waals surface area (Å²) >= 11 is 1.85. The first-order chi connectivity index (χ1) is 6.15. The normalized spacial score (nSPS) is 15.7. The van der Waals surface area contributed by atoms with Crippen molar-refractivity contribution in [3.05, 3.63) is 21.9 Å². The predicted octanol–water partition coefficient (Wildman–Crippen LogP) is 3.51. The van der Waals surface area contributed by atoms with Crippen LogP contribution in [0.1, 0.15) is 43.7 Å². The molecule has 0 amide bonds. The molecule has 1 aromatic rings. The maximum Gasteiger partial charge on any atom is 0.0390 e. The molecule has 0 aliphatic rings. The van der Waals surface area contributed by atoms with Crippen LogP contribution >= 0.6 is 11.3 Å². The van der Waals surface area contributed by atoms with Crippen molar-refractivity contribution in [3.8, 4) is 0 Å². The second kappa shape index (κ2) is 4.77. The number of hydrogen-bond donors (Lipinski definition) is 1. The average molecular weight is 197 g/mol. The summed E-state index contributed by atoms with van der Waals surface area (Å²) in [5, 5.41) is 5.75. The first kappa shape index (κ1) is 10.7. The van der Waals surface area contributed by atoms with E-state index in [0.717, 1.165) is 0 Å². The lowest BCUT2D eigenvalue weighted by Gasteiger charge is -2.18. The molecule has 13 heavy (non-hydrogen) atoms. The SMILES string of the molecule is CC[C@@H](C)N[C@H](C)c1sccc1C. The maximum absolute atomic E-state index is 3.58. The third-order valence-corrected chi connectivity index (χ3v) is 3.64. The molecule has 1 rings (SSSR count). The highest BCUT2D eigenvalue weighted by atomic mass is 32.1. The molecule has 1 N–H and O–H groups in total. The van der Waals surface area contributed by atoms with E-state index in [-0.39, 0.29) is 0 Å². The summed E-state index contributed by atoms with van der Waals surface area (Å²) in [6, 6.07) is 3.29. The van der Waals surface area contributed by atoms with Crippen LogP contribution in [0.2, 0.25) is 0 Å². The Balaban J connectivity index is 2.58. The zero-order valence-corrected chi connectivity index (χ0v) is 9.74. The molecule has 0 spiro atoms. The number of nitrogens with one attached hydrogen (secondary N) is 1.